The molecule has 1 rings (SSSR count). The monoisotopic (exact) mass is 198 g/mol. The van der Waals surface area contributed by atoms with Crippen molar-refractivity contribution >= 4 is 5.91 Å². The summed E-state index contributed by atoms with van der Waals surface area (Å²) in [4.78, 5) is 11.7. The number of nitrogens with two attached hydrogens (primary N) is 1. The summed E-state index contributed by atoms with van der Waals surface area (Å²) in [6.07, 6.45) is 3.13. The predicted octanol–water partition coefficient (Wildman–Crippen LogP) is 0.185. The van der Waals surface area contributed by atoms with E-state index in [0.29, 0.717) is 19.6 Å². The van der Waals surface area contributed by atoms with E-state index in [2.05, 4.69) is 11.9 Å². The van der Waals surface area contributed by atoms with E-state index < -0.39 is 5.54 Å². The van der Waals surface area contributed by atoms with Gasteiger partial charge in [-0.1, -0.05) is 6.08 Å². The second-order valence-corrected chi connectivity index (χ2v) is 3.86. The van der Waals surface area contributed by atoms with E-state index in [1.807, 2.05) is 6.92 Å². The van der Waals surface area contributed by atoms with E-state index in [1.54, 1.807) is 6.08 Å². The number of ether oxygens (including phenoxy) is 1. The van der Waals surface area contributed by atoms with Crippen LogP contribution in [0.4, 0.5) is 0 Å². The number of carbonyl (C=O) groups excluding carboxylic acids is 1. The number of carbonyl (C=O) groups is 1. The quantitative estimate of drug-likeness (QED) is 0.634. The first-order valence-corrected chi connectivity index (χ1v) is 4.87. The SMILES string of the molecule is C=CCC(C)NC(=O)C1(N)CCOC1. The molecule has 1 amide bonds. The van der Waals surface area contributed by atoms with Crippen molar-refractivity contribution in [2.75, 3.05) is 13.2 Å². The topological polar surface area (TPSA) is 64.4 Å². The van der Waals surface area contributed by atoms with E-state index >= 15 is 0 Å². The van der Waals surface area contributed by atoms with E-state index in [9.17, 15) is 4.79 Å². The highest BCUT2D eigenvalue weighted by Crippen LogP contribution is 2.15. The molecule has 0 bridgehead atoms. The molecule has 0 spiro atoms. The van der Waals surface area contributed by atoms with Crippen LogP contribution in [-0.4, -0.2) is 30.7 Å². The third kappa shape index (κ3) is 2.56. The molecule has 0 aromatic carbocycles. The Balaban J connectivity index is 2.44. The molecule has 0 aromatic rings. The van der Waals surface area contributed by atoms with Gasteiger partial charge in [0.15, 0.2) is 0 Å². The van der Waals surface area contributed by atoms with Crippen LogP contribution in [0.3, 0.4) is 0 Å². The van der Waals surface area contributed by atoms with Gasteiger partial charge in [-0.05, 0) is 19.8 Å². The second kappa shape index (κ2) is 4.57. The van der Waals surface area contributed by atoms with Crippen molar-refractivity contribution < 1.29 is 9.53 Å². The minimum Gasteiger partial charge on any atom is -0.379 e. The molecule has 2 atom stereocenters. The van der Waals surface area contributed by atoms with Crippen LogP contribution in [0.25, 0.3) is 0 Å². The number of hydrogen-bond donors (Lipinski definition) is 2. The Hall–Kier alpha value is -0.870. The molecule has 1 fully saturated rings. The lowest BCUT2D eigenvalue weighted by Crippen LogP contribution is -2.56. The number of hydrogen-bond acceptors (Lipinski definition) is 3. The minimum absolute atomic E-state index is 0.0843. The van der Waals surface area contributed by atoms with Crippen LogP contribution in [0.5, 0.6) is 0 Å². The van der Waals surface area contributed by atoms with Crippen LogP contribution in [0.1, 0.15) is 19.8 Å². The van der Waals surface area contributed by atoms with Gasteiger partial charge in [-0.2, -0.15) is 0 Å². The van der Waals surface area contributed by atoms with Crippen molar-refractivity contribution in [1.29, 1.82) is 0 Å². The third-order valence-corrected chi connectivity index (χ3v) is 2.40. The Morgan fingerprint density at radius 2 is 2.57 bits per heavy atom. The van der Waals surface area contributed by atoms with Crippen molar-refractivity contribution in [3.63, 3.8) is 0 Å². The molecule has 1 saturated heterocycles. The van der Waals surface area contributed by atoms with Gasteiger partial charge < -0.3 is 15.8 Å². The van der Waals surface area contributed by atoms with E-state index in [0.717, 1.165) is 6.42 Å². The fraction of sp³-hybridized carbons (Fsp3) is 0.700. The maximum Gasteiger partial charge on any atom is 0.242 e. The summed E-state index contributed by atoms with van der Waals surface area (Å²) in [7, 11) is 0. The number of nitrogens with one attached hydrogen (secondary N) is 1. The highest BCUT2D eigenvalue weighted by molar-refractivity contribution is 5.86. The fourth-order valence-corrected chi connectivity index (χ4v) is 1.44. The number of rotatable bonds is 4. The summed E-state index contributed by atoms with van der Waals surface area (Å²) in [6.45, 7) is 6.43. The Morgan fingerprint density at radius 1 is 1.86 bits per heavy atom. The summed E-state index contributed by atoms with van der Waals surface area (Å²) < 4.78 is 5.12. The van der Waals surface area contributed by atoms with Gasteiger partial charge in [0.25, 0.3) is 0 Å². The lowest BCUT2D eigenvalue weighted by atomic mass is 9.98. The summed E-state index contributed by atoms with van der Waals surface area (Å²) >= 11 is 0. The van der Waals surface area contributed by atoms with Crippen LogP contribution in [0.2, 0.25) is 0 Å². The van der Waals surface area contributed by atoms with Crippen LogP contribution < -0.4 is 11.1 Å². The van der Waals surface area contributed by atoms with Gasteiger partial charge in [-0.15, -0.1) is 6.58 Å². The van der Waals surface area contributed by atoms with Gasteiger partial charge in [0.1, 0.15) is 5.54 Å². The molecule has 80 valence electrons. The van der Waals surface area contributed by atoms with E-state index in [4.69, 9.17) is 10.5 Å². The fourth-order valence-electron chi connectivity index (χ4n) is 1.44. The van der Waals surface area contributed by atoms with Crippen LogP contribution in [0, 0.1) is 0 Å². The standard InChI is InChI=1S/C10H18N2O2/c1-3-4-8(2)12-9(13)10(11)5-6-14-7-10/h3,8H,1,4-7,11H2,2H3,(H,12,13). The molecular weight excluding hydrogens is 180 g/mol. The molecule has 1 aliphatic rings. The second-order valence-electron chi connectivity index (χ2n) is 3.86. The average molecular weight is 198 g/mol. The van der Waals surface area contributed by atoms with Gasteiger partial charge in [0.2, 0.25) is 5.91 Å². The first kappa shape index (κ1) is 11.2. The van der Waals surface area contributed by atoms with Crippen molar-refractivity contribution in [2.45, 2.75) is 31.3 Å². The Labute approximate surface area is 84.5 Å². The van der Waals surface area contributed by atoms with Gasteiger partial charge >= 0.3 is 0 Å². The normalized spacial score (nSPS) is 28.4. The average Bonchev–Trinajstić information content (AvgIpc) is 2.54. The zero-order valence-electron chi connectivity index (χ0n) is 8.58. The lowest BCUT2D eigenvalue weighted by Gasteiger charge is -2.23. The van der Waals surface area contributed by atoms with Gasteiger partial charge in [0.05, 0.1) is 6.61 Å². The molecule has 3 N–H and O–H groups in total. The Bertz CT molecular complexity index is 222. The largest absolute Gasteiger partial charge is 0.379 e. The molecule has 0 saturated carbocycles. The predicted molar refractivity (Wildman–Crippen MR) is 54.8 cm³/mol. The molecule has 1 heterocycles. The molecule has 0 radical (unpaired) electrons. The lowest BCUT2D eigenvalue weighted by molar-refractivity contribution is -0.126. The summed E-state index contributed by atoms with van der Waals surface area (Å²) in [5, 5.41) is 2.85. The Morgan fingerprint density at radius 3 is 3.07 bits per heavy atom. The zero-order chi connectivity index (χ0) is 10.6. The highest BCUT2D eigenvalue weighted by Gasteiger charge is 2.38. The molecule has 0 aliphatic carbocycles. The van der Waals surface area contributed by atoms with Crippen LogP contribution in [-0.2, 0) is 9.53 Å². The van der Waals surface area contributed by atoms with Crippen LogP contribution >= 0.6 is 0 Å². The molecule has 4 heteroatoms. The third-order valence-electron chi connectivity index (χ3n) is 2.40. The molecule has 2 unspecified atom stereocenters. The summed E-state index contributed by atoms with van der Waals surface area (Å²) in [5.74, 6) is -0.121. The summed E-state index contributed by atoms with van der Waals surface area (Å²) in [5.41, 5.74) is 5.06. The van der Waals surface area contributed by atoms with Gasteiger partial charge in [-0.25, -0.2) is 0 Å². The first-order valence-electron chi connectivity index (χ1n) is 4.87. The van der Waals surface area contributed by atoms with Crippen molar-refractivity contribution in [3.8, 4) is 0 Å². The first-order chi connectivity index (χ1) is 6.58. The summed E-state index contributed by atoms with van der Waals surface area (Å²) in [6, 6.07) is 0.0843. The molecule has 4 nitrogen and oxygen atoms in total. The van der Waals surface area contributed by atoms with Gasteiger partial charge in [0, 0.05) is 12.6 Å². The zero-order valence-corrected chi connectivity index (χ0v) is 8.58. The van der Waals surface area contributed by atoms with Gasteiger partial charge in [-0.3, -0.25) is 4.79 Å². The van der Waals surface area contributed by atoms with Crippen LogP contribution in [0.15, 0.2) is 12.7 Å². The minimum atomic E-state index is -0.824. The van der Waals surface area contributed by atoms with E-state index in [-0.39, 0.29) is 11.9 Å². The molecule has 14 heavy (non-hydrogen) atoms. The van der Waals surface area contributed by atoms with Crippen molar-refractivity contribution in [1.82, 2.24) is 5.32 Å². The smallest absolute Gasteiger partial charge is 0.242 e. The Kier molecular flexibility index (Phi) is 3.66. The maximum absolute atomic E-state index is 11.7. The van der Waals surface area contributed by atoms with E-state index in [1.165, 1.54) is 0 Å². The number of amides is 1. The molecular formula is C10H18N2O2. The van der Waals surface area contributed by atoms with Crippen molar-refractivity contribution in [3.05, 3.63) is 12.7 Å². The molecule has 1 aliphatic heterocycles. The highest BCUT2D eigenvalue weighted by atomic mass is 16.5. The maximum atomic E-state index is 11.7. The van der Waals surface area contributed by atoms with Crippen molar-refractivity contribution in [2.24, 2.45) is 5.73 Å². The molecule has 0 aromatic heterocycles.